The van der Waals surface area contributed by atoms with Gasteiger partial charge in [0, 0.05) is 13.6 Å². The lowest BCUT2D eigenvalue weighted by molar-refractivity contribution is -0.0498. The van der Waals surface area contributed by atoms with Crippen molar-refractivity contribution in [2.24, 2.45) is 7.05 Å². The lowest BCUT2D eigenvalue weighted by atomic mass is 10.1. The number of rotatable bonds is 6. The fourth-order valence-electron chi connectivity index (χ4n) is 2.66. The molecule has 0 atom stereocenters. The quantitative estimate of drug-likeness (QED) is 0.699. The average Bonchev–Trinajstić information content (AvgIpc) is 2.96. The second kappa shape index (κ2) is 7.83. The maximum absolute atomic E-state index is 12.5. The van der Waals surface area contributed by atoms with Crippen LogP contribution in [-0.2, 0) is 13.5 Å². The third-order valence-corrected chi connectivity index (χ3v) is 5.26. The van der Waals surface area contributed by atoms with Crippen molar-refractivity contribution in [1.82, 2.24) is 14.9 Å². The van der Waals surface area contributed by atoms with Crippen LogP contribution in [0, 0.1) is 6.92 Å². The first-order chi connectivity index (χ1) is 12.9. The van der Waals surface area contributed by atoms with Crippen molar-refractivity contribution in [2.45, 2.75) is 20.0 Å². The van der Waals surface area contributed by atoms with Crippen LogP contribution in [0.15, 0.2) is 35.4 Å². The second-order valence-electron chi connectivity index (χ2n) is 5.93. The lowest BCUT2D eigenvalue weighted by Crippen LogP contribution is -2.25. The SMILES string of the molecule is Cc1c(C(=O)NCCc2ccc(OC(F)F)cc2)sc2ncn(C)c(=O)c12. The molecule has 0 fully saturated rings. The zero-order valence-corrected chi connectivity index (χ0v) is 15.5. The van der Waals surface area contributed by atoms with Crippen LogP contribution >= 0.6 is 11.3 Å². The maximum Gasteiger partial charge on any atom is 0.387 e. The molecule has 1 amide bonds. The van der Waals surface area contributed by atoms with Gasteiger partial charge < -0.3 is 14.6 Å². The van der Waals surface area contributed by atoms with E-state index in [9.17, 15) is 18.4 Å². The molecule has 0 bridgehead atoms. The number of ether oxygens (including phenoxy) is 1. The predicted molar refractivity (Wildman–Crippen MR) is 98.7 cm³/mol. The monoisotopic (exact) mass is 393 g/mol. The molecule has 9 heteroatoms. The molecule has 3 rings (SSSR count). The van der Waals surface area contributed by atoms with E-state index in [0.717, 1.165) is 5.56 Å². The van der Waals surface area contributed by atoms with Gasteiger partial charge in [0.05, 0.1) is 16.6 Å². The molecule has 1 aromatic carbocycles. The topological polar surface area (TPSA) is 73.2 Å². The van der Waals surface area contributed by atoms with Crippen LogP contribution < -0.4 is 15.6 Å². The number of thiophene rings is 1. The van der Waals surface area contributed by atoms with Gasteiger partial charge in [-0.2, -0.15) is 8.78 Å². The molecule has 2 heterocycles. The highest BCUT2D eigenvalue weighted by atomic mass is 32.1. The molecule has 0 saturated heterocycles. The minimum atomic E-state index is -2.86. The van der Waals surface area contributed by atoms with Gasteiger partial charge in [-0.25, -0.2) is 4.98 Å². The zero-order chi connectivity index (χ0) is 19.6. The van der Waals surface area contributed by atoms with Gasteiger partial charge in [-0.3, -0.25) is 9.59 Å². The molecule has 0 aliphatic heterocycles. The highest BCUT2D eigenvalue weighted by molar-refractivity contribution is 7.20. The molecule has 0 radical (unpaired) electrons. The maximum atomic E-state index is 12.5. The summed E-state index contributed by atoms with van der Waals surface area (Å²) in [7, 11) is 1.61. The van der Waals surface area contributed by atoms with Crippen molar-refractivity contribution >= 4 is 27.5 Å². The van der Waals surface area contributed by atoms with E-state index in [0.29, 0.717) is 33.6 Å². The number of fused-ring (bicyclic) bond motifs is 1. The summed E-state index contributed by atoms with van der Waals surface area (Å²) in [5, 5.41) is 3.28. The fourth-order valence-corrected chi connectivity index (χ4v) is 3.72. The van der Waals surface area contributed by atoms with Crippen LogP contribution in [0.2, 0.25) is 0 Å². The van der Waals surface area contributed by atoms with Gasteiger partial charge >= 0.3 is 6.61 Å². The summed E-state index contributed by atoms with van der Waals surface area (Å²) in [6, 6.07) is 6.26. The van der Waals surface area contributed by atoms with Crippen LogP contribution in [-0.4, -0.2) is 28.6 Å². The van der Waals surface area contributed by atoms with Gasteiger partial charge in [0.2, 0.25) is 0 Å². The molecule has 0 saturated carbocycles. The number of halogens is 2. The number of nitrogens with zero attached hydrogens (tertiary/aromatic N) is 2. The molecule has 0 unspecified atom stereocenters. The number of hydrogen-bond donors (Lipinski definition) is 1. The molecular weight excluding hydrogens is 376 g/mol. The summed E-state index contributed by atoms with van der Waals surface area (Å²) in [5.74, 6) is -0.178. The van der Waals surface area contributed by atoms with Crippen LogP contribution in [0.5, 0.6) is 5.75 Å². The first-order valence-electron chi connectivity index (χ1n) is 8.13. The van der Waals surface area contributed by atoms with Gasteiger partial charge in [0.1, 0.15) is 10.6 Å². The number of carbonyl (C=O) groups excluding carboxylic acids is 1. The molecule has 142 valence electrons. The van der Waals surface area contributed by atoms with Crippen molar-refractivity contribution in [2.75, 3.05) is 6.54 Å². The Balaban J connectivity index is 1.64. The van der Waals surface area contributed by atoms with Crippen LogP contribution in [0.4, 0.5) is 8.78 Å². The zero-order valence-electron chi connectivity index (χ0n) is 14.7. The molecule has 1 N–H and O–H groups in total. The van der Waals surface area contributed by atoms with Crippen molar-refractivity contribution in [3.8, 4) is 5.75 Å². The number of hydrogen-bond acceptors (Lipinski definition) is 5. The van der Waals surface area contributed by atoms with Crippen molar-refractivity contribution < 1.29 is 18.3 Å². The number of nitrogens with one attached hydrogen (secondary N) is 1. The van der Waals surface area contributed by atoms with Gasteiger partial charge in [0.15, 0.2) is 0 Å². The van der Waals surface area contributed by atoms with Crippen LogP contribution in [0.3, 0.4) is 0 Å². The van der Waals surface area contributed by atoms with E-state index in [1.54, 1.807) is 26.1 Å². The minimum absolute atomic E-state index is 0.0905. The first-order valence-corrected chi connectivity index (χ1v) is 8.95. The normalized spacial score (nSPS) is 11.1. The second-order valence-corrected chi connectivity index (χ2v) is 6.92. The first kappa shape index (κ1) is 19.0. The Morgan fingerprint density at radius 1 is 1.33 bits per heavy atom. The highest BCUT2D eigenvalue weighted by Gasteiger charge is 2.18. The fraction of sp³-hybridized carbons (Fsp3) is 0.278. The molecule has 0 spiro atoms. The summed E-state index contributed by atoms with van der Waals surface area (Å²) in [6.45, 7) is -0.753. The van der Waals surface area contributed by atoms with E-state index in [1.165, 1.54) is 34.4 Å². The van der Waals surface area contributed by atoms with Crippen molar-refractivity contribution in [3.63, 3.8) is 0 Å². The number of alkyl halides is 2. The predicted octanol–water partition coefficient (Wildman–Crippen LogP) is 2.88. The summed E-state index contributed by atoms with van der Waals surface area (Å²) in [4.78, 5) is 29.9. The molecule has 0 aliphatic rings. The Morgan fingerprint density at radius 3 is 2.70 bits per heavy atom. The molecule has 2 aromatic heterocycles. The van der Waals surface area contributed by atoms with Gasteiger partial charge in [-0.1, -0.05) is 12.1 Å². The van der Waals surface area contributed by atoms with Crippen LogP contribution in [0.25, 0.3) is 10.2 Å². The largest absolute Gasteiger partial charge is 0.435 e. The lowest BCUT2D eigenvalue weighted by Gasteiger charge is -2.07. The Labute approximate surface area is 157 Å². The summed E-state index contributed by atoms with van der Waals surface area (Å²) in [6.07, 6.45) is 1.97. The standard InChI is InChI=1S/C18H17F2N3O3S/c1-10-13-16(22-9-23(2)17(13)25)27-14(10)15(24)21-8-7-11-3-5-12(6-4-11)26-18(19)20/h3-6,9,18H,7-8H2,1-2H3,(H,21,24). The molecule has 6 nitrogen and oxygen atoms in total. The Bertz CT molecular complexity index is 1030. The summed E-state index contributed by atoms with van der Waals surface area (Å²) in [5.41, 5.74) is 1.31. The minimum Gasteiger partial charge on any atom is -0.435 e. The average molecular weight is 393 g/mol. The van der Waals surface area contributed by atoms with Gasteiger partial charge in [0.25, 0.3) is 11.5 Å². The highest BCUT2D eigenvalue weighted by Crippen LogP contribution is 2.26. The van der Waals surface area contributed by atoms with E-state index in [1.807, 2.05) is 0 Å². The van der Waals surface area contributed by atoms with Gasteiger partial charge in [-0.15, -0.1) is 11.3 Å². The smallest absolute Gasteiger partial charge is 0.387 e. The molecule has 0 aliphatic carbocycles. The Kier molecular flexibility index (Phi) is 5.50. The number of aromatic nitrogens is 2. The number of aryl methyl sites for hydroxylation is 2. The third-order valence-electron chi connectivity index (χ3n) is 4.06. The van der Waals surface area contributed by atoms with E-state index < -0.39 is 6.61 Å². The van der Waals surface area contributed by atoms with Crippen molar-refractivity contribution in [3.05, 3.63) is 57.0 Å². The van der Waals surface area contributed by atoms with E-state index in [4.69, 9.17) is 0 Å². The molecular formula is C18H17F2N3O3S. The summed E-state index contributed by atoms with van der Waals surface area (Å²) < 4.78 is 29.9. The summed E-state index contributed by atoms with van der Waals surface area (Å²) >= 11 is 1.18. The molecule has 27 heavy (non-hydrogen) atoms. The third kappa shape index (κ3) is 4.13. The van der Waals surface area contributed by atoms with Gasteiger partial charge in [-0.05, 0) is 36.6 Å². The number of benzene rings is 1. The Morgan fingerprint density at radius 2 is 2.04 bits per heavy atom. The Hall–Kier alpha value is -2.81. The number of amides is 1. The molecule has 3 aromatic rings. The van der Waals surface area contributed by atoms with E-state index in [-0.39, 0.29) is 17.2 Å². The van der Waals surface area contributed by atoms with E-state index in [2.05, 4.69) is 15.0 Å². The van der Waals surface area contributed by atoms with Crippen molar-refractivity contribution in [1.29, 1.82) is 0 Å². The van der Waals surface area contributed by atoms with E-state index >= 15 is 0 Å². The number of carbonyl (C=O) groups is 1. The van der Waals surface area contributed by atoms with Crippen LogP contribution in [0.1, 0.15) is 20.8 Å².